The number of ether oxygens (including phenoxy) is 1. The van der Waals surface area contributed by atoms with E-state index in [2.05, 4.69) is 0 Å². The highest BCUT2D eigenvalue weighted by Crippen LogP contribution is 2.37. The van der Waals surface area contributed by atoms with E-state index in [4.69, 9.17) is 4.74 Å². The number of hydrogen-bond acceptors (Lipinski definition) is 4. The van der Waals surface area contributed by atoms with Crippen molar-refractivity contribution in [3.63, 3.8) is 0 Å². The second-order valence-electron chi connectivity index (χ2n) is 8.18. The number of aliphatic carboxylic acids is 1. The zero-order chi connectivity index (χ0) is 20.0. The molecule has 1 aromatic carbocycles. The molecule has 0 aromatic heterocycles. The van der Waals surface area contributed by atoms with Crippen LogP contribution in [0.1, 0.15) is 31.9 Å². The van der Waals surface area contributed by atoms with Crippen molar-refractivity contribution in [1.82, 2.24) is 9.80 Å². The van der Waals surface area contributed by atoms with Gasteiger partial charge in [0.2, 0.25) is 0 Å². The maximum atomic E-state index is 13.6. The second kappa shape index (κ2) is 6.74. The Labute approximate surface area is 156 Å². The molecule has 1 aliphatic carbocycles. The summed E-state index contributed by atoms with van der Waals surface area (Å²) in [4.78, 5) is 27.7. The molecule has 1 aromatic rings. The van der Waals surface area contributed by atoms with Crippen molar-refractivity contribution in [2.24, 2.45) is 0 Å². The van der Waals surface area contributed by atoms with Gasteiger partial charge in [-0.2, -0.15) is 0 Å². The standard InChI is InChI=1S/C19H24F2N2O4/c1-18(2,3)27-17(26)22-4-6-23(7-5-22)19(16(24)25)10-12-8-14(20)15(21)9-13(12)11-19/h8-9H,4-7,10-11H2,1-3H3,(H,24,25). The summed E-state index contributed by atoms with van der Waals surface area (Å²) >= 11 is 0. The lowest BCUT2D eigenvalue weighted by Crippen LogP contribution is -2.62. The normalized spacial score (nSPS) is 19.7. The van der Waals surface area contributed by atoms with E-state index >= 15 is 0 Å². The second-order valence-corrected chi connectivity index (χ2v) is 8.18. The minimum absolute atomic E-state index is 0.112. The number of halogens is 2. The zero-order valence-corrected chi connectivity index (χ0v) is 15.7. The monoisotopic (exact) mass is 382 g/mol. The molecule has 148 valence electrons. The molecule has 0 spiro atoms. The number of benzene rings is 1. The number of carboxylic acids is 1. The first kappa shape index (κ1) is 19.5. The molecule has 1 aliphatic heterocycles. The van der Waals surface area contributed by atoms with Crippen LogP contribution in [0, 0.1) is 11.6 Å². The fraction of sp³-hybridized carbons (Fsp3) is 0.579. The molecule has 3 rings (SSSR count). The Morgan fingerprint density at radius 1 is 1.04 bits per heavy atom. The van der Waals surface area contributed by atoms with Crippen LogP contribution in [0.3, 0.4) is 0 Å². The first-order valence-electron chi connectivity index (χ1n) is 8.95. The number of piperazine rings is 1. The van der Waals surface area contributed by atoms with Gasteiger partial charge < -0.3 is 14.7 Å². The Balaban J connectivity index is 1.74. The van der Waals surface area contributed by atoms with Crippen LogP contribution in [0.15, 0.2) is 12.1 Å². The number of carbonyl (C=O) groups is 2. The molecular weight excluding hydrogens is 358 g/mol. The summed E-state index contributed by atoms with van der Waals surface area (Å²) in [6, 6.07) is 2.18. The number of hydrogen-bond donors (Lipinski definition) is 1. The van der Waals surface area contributed by atoms with Crippen molar-refractivity contribution in [2.75, 3.05) is 26.2 Å². The van der Waals surface area contributed by atoms with Crippen LogP contribution in [-0.2, 0) is 22.4 Å². The highest BCUT2D eigenvalue weighted by Gasteiger charge is 2.50. The molecule has 1 N–H and O–H groups in total. The first-order valence-corrected chi connectivity index (χ1v) is 8.95. The highest BCUT2D eigenvalue weighted by atomic mass is 19.2. The molecule has 0 atom stereocenters. The van der Waals surface area contributed by atoms with Crippen LogP contribution in [0.25, 0.3) is 0 Å². The third-order valence-corrected chi connectivity index (χ3v) is 5.14. The van der Waals surface area contributed by atoms with Gasteiger partial charge in [-0.1, -0.05) is 0 Å². The van der Waals surface area contributed by atoms with Crippen molar-refractivity contribution < 1.29 is 28.2 Å². The molecule has 2 aliphatic rings. The molecule has 1 amide bonds. The largest absolute Gasteiger partial charge is 0.480 e. The van der Waals surface area contributed by atoms with Gasteiger partial charge in [-0.05, 0) is 44.0 Å². The van der Waals surface area contributed by atoms with E-state index in [9.17, 15) is 23.5 Å². The first-order chi connectivity index (χ1) is 12.5. The fourth-order valence-electron chi connectivity index (χ4n) is 3.80. The number of carboxylic acid groups (broad SMARTS) is 1. The van der Waals surface area contributed by atoms with Gasteiger partial charge in [0.15, 0.2) is 11.6 Å². The molecule has 0 bridgehead atoms. The van der Waals surface area contributed by atoms with E-state index in [1.54, 1.807) is 30.6 Å². The van der Waals surface area contributed by atoms with Crippen molar-refractivity contribution in [3.05, 3.63) is 34.9 Å². The van der Waals surface area contributed by atoms with E-state index < -0.39 is 34.8 Å². The number of fused-ring (bicyclic) bond motifs is 1. The van der Waals surface area contributed by atoms with Crippen LogP contribution in [-0.4, -0.2) is 64.3 Å². The molecule has 0 unspecified atom stereocenters. The van der Waals surface area contributed by atoms with Gasteiger partial charge in [0.05, 0.1) is 0 Å². The van der Waals surface area contributed by atoms with Gasteiger partial charge in [-0.3, -0.25) is 9.69 Å². The molecule has 1 saturated heterocycles. The average molecular weight is 382 g/mol. The van der Waals surface area contributed by atoms with Crippen LogP contribution in [0.5, 0.6) is 0 Å². The van der Waals surface area contributed by atoms with Gasteiger partial charge >= 0.3 is 12.1 Å². The van der Waals surface area contributed by atoms with E-state index in [1.165, 1.54) is 0 Å². The third-order valence-electron chi connectivity index (χ3n) is 5.14. The van der Waals surface area contributed by atoms with Crippen molar-refractivity contribution >= 4 is 12.1 Å². The van der Waals surface area contributed by atoms with Gasteiger partial charge in [-0.25, -0.2) is 13.6 Å². The van der Waals surface area contributed by atoms with Crippen molar-refractivity contribution in [3.8, 4) is 0 Å². The van der Waals surface area contributed by atoms with Crippen LogP contribution < -0.4 is 0 Å². The quantitative estimate of drug-likeness (QED) is 0.851. The maximum absolute atomic E-state index is 13.6. The van der Waals surface area contributed by atoms with Crippen molar-refractivity contribution in [2.45, 2.75) is 44.8 Å². The number of rotatable bonds is 2. The van der Waals surface area contributed by atoms with E-state index in [0.717, 1.165) is 12.1 Å². The van der Waals surface area contributed by atoms with Gasteiger partial charge in [0, 0.05) is 39.0 Å². The smallest absolute Gasteiger partial charge is 0.410 e. The lowest BCUT2D eigenvalue weighted by atomic mass is 9.92. The van der Waals surface area contributed by atoms with Crippen LogP contribution >= 0.6 is 0 Å². The topological polar surface area (TPSA) is 70.1 Å². The highest BCUT2D eigenvalue weighted by molar-refractivity contribution is 5.81. The minimum atomic E-state index is -1.25. The predicted octanol–water partition coefficient (Wildman–Crippen LogP) is 2.44. The zero-order valence-electron chi connectivity index (χ0n) is 15.7. The van der Waals surface area contributed by atoms with Gasteiger partial charge in [-0.15, -0.1) is 0 Å². The minimum Gasteiger partial charge on any atom is -0.480 e. The summed E-state index contributed by atoms with van der Waals surface area (Å²) in [7, 11) is 0. The molecular formula is C19H24F2N2O4. The lowest BCUT2D eigenvalue weighted by molar-refractivity contribution is -0.152. The number of carbonyl (C=O) groups excluding carboxylic acids is 1. The summed E-state index contributed by atoms with van der Waals surface area (Å²) in [6.07, 6.45) is -0.201. The Hall–Kier alpha value is -2.22. The number of nitrogens with zero attached hydrogens (tertiary/aromatic N) is 2. The predicted molar refractivity (Wildman–Crippen MR) is 93.5 cm³/mol. The summed E-state index contributed by atoms with van der Waals surface area (Å²) in [5, 5.41) is 9.92. The Morgan fingerprint density at radius 3 is 1.93 bits per heavy atom. The van der Waals surface area contributed by atoms with Crippen LogP contribution in [0.2, 0.25) is 0 Å². The maximum Gasteiger partial charge on any atom is 0.410 e. The average Bonchev–Trinajstić information content (AvgIpc) is 2.93. The van der Waals surface area contributed by atoms with Crippen LogP contribution in [0.4, 0.5) is 13.6 Å². The summed E-state index contributed by atoms with van der Waals surface area (Å²) in [5.74, 6) is -2.96. The van der Waals surface area contributed by atoms with Gasteiger partial charge in [0.1, 0.15) is 11.1 Å². The van der Waals surface area contributed by atoms with Gasteiger partial charge in [0.25, 0.3) is 0 Å². The Morgan fingerprint density at radius 2 is 1.52 bits per heavy atom. The molecule has 1 fully saturated rings. The Kier molecular flexibility index (Phi) is 4.88. The molecule has 6 nitrogen and oxygen atoms in total. The summed E-state index contributed by atoms with van der Waals surface area (Å²) in [6.45, 7) is 6.73. The fourth-order valence-corrected chi connectivity index (χ4v) is 3.80. The lowest BCUT2D eigenvalue weighted by Gasteiger charge is -2.43. The Bertz CT molecular complexity index is 737. The molecule has 1 heterocycles. The summed E-state index contributed by atoms with van der Waals surface area (Å²) in [5.41, 5.74) is -0.808. The molecule has 8 heteroatoms. The molecule has 0 radical (unpaired) electrons. The van der Waals surface area contributed by atoms with E-state index in [-0.39, 0.29) is 12.8 Å². The molecule has 0 saturated carbocycles. The molecule has 27 heavy (non-hydrogen) atoms. The SMILES string of the molecule is CC(C)(C)OC(=O)N1CCN(C2(C(=O)O)Cc3cc(F)c(F)cc3C2)CC1. The number of amides is 1. The third kappa shape index (κ3) is 3.76. The van der Waals surface area contributed by atoms with E-state index in [0.29, 0.717) is 37.3 Å². The summed E-state index contributed by atoms with van der Waals surface area (Å²) < 4.78 is 32.5. The van der Waals surface area contributed by atoms with E-state index in [1.807, 2.05) is 0 Å². The van der Waals surface area contributed by atoms with Crippen molar-refractivity contribution in [1.29, 1.82) is 0 Å².